The smallest absolute Gasteiger partial charge is 0.255 e. The number of likely N-dealkylation sites (tertiary alicyclic amines) is 1. The Morgan fingerprint density at radius 2 is 1.89 bits per heavy atom. The van der Waals surface area contributed by atoms with Gasteiger partial charge in [-0.2, -0.15) is 0 Å². The molecule has 1 N–H and O–H groups in total. The van der Waals surface area contributed by atoms with Crippen molar-refractivity contribution in [2.45, 2.75) is 31.2 Å². The lowest BCUT2D eigenvalue weighted by atomic mass is 9.76. The molecular weight excluding hydrogens is 391 g/mol. The van der Waals surface area contributed by atoms with Crippen LogP contribution in [0, 0.1) is 5.92 Å². The highest BCUT2D eigenvalue weighted by Crippen LogP contribution is 2.51. The number of nitrogens with one attached hydrogen (secondary N) is 1. The van der Waals surface area contributed by atoms with Crippen molar-refractivity contribution in [3.63, 3.8) is 0 Å². The van der Waals surface area contributed by atoms with E-state index in [2.05, 4.69) is 23.5 Å². The van der Waals surface area contributed by atoms with Gasteiger partial charge in [-0.25, -0.2) is 0 Å². The van der Waals surface area contributed by atoms with Crippen LogP contribution in [0.5, 0.6) is 0 Å². The average Bonchev–Trinajstić information content (AvgIpc) is 3.39. The number of benzene rings is 2. The van der Waals surface area contributed by atoms with Crippen LogP contribution in [-0.4, -0.2) is 23.9 Å². The van der Waals surface area contributed by atoms with Gasteiger partial charge in [-0.3, -0.25) is 4.79 Å². The molecule has 2 aliphatic heterocycles. The van der Waals surface area contributed by atoms with Gasteiger partial charge in [0.05, 0.1) is 17.3 Å². The second-order valence-corrected chi connectivity index (χ2v) is 8.75. The van der Waals surface area contributed by atoms with Crippen LogP contribution in [0.4, 0.5) is 5.69 Å². The minimum Gasteiger partial charge on any atom is -0.377 e. The minimum absolute atomic E-state index is 0.0461. The number of anilines is 1. The molecule has 1 amide bonds. The highest BCUT2D eigenvalue weighted by molar-refractivity contribution is 6.35. The maximum absolute atomic E-state index is 13.2. The third-order valence-corrected chi connectivity index (χ3v) is 6.88. The number of rotatable bonds is 2. The number of fused-ring (bicyclic) bond motifs is 3. The third-order valence-electron chi connectivity index (χ3n) is 6.32. The van der Waals surface area contributed by atoms with E-state index in [0.29, 0.717) is 21.9 Å². The van der Waals surface area contributed by atoms with Crippen LogP contribution >= 0.6 is 23.2 Å². The van der Waals surface area contributed by atoms with Crippen LogP contribution < -0.4 is 5.32 Å². The summed E-state index contributed by atoms with van der Waals surface area (Å²) in [5.74, 6) is 0.797. The molecule has 2 heterocycles. The summed E-state index contributed by atoms with van der Waals surface area (Å²) < 4.78 is 0. The summed E-state index contributed by atoms with van der Waals surface area (Å²) in [7, 11) is 0. The summed E-state index contributed by atoms with van der Waals surface area (Å²) in [6.45, 7) is 1.70. The summed E-state index contributed by atoms with van der Waals surface area (Å²) in [6.07, 6.45) is 7.70. The summed E-state index contributed by atoms with van der Waals surface area (Å²) in [6, 6.07) is 11.9. The minimum atomic E-state index is 0.0461. The highest BCUT2D eigenvalue weighted by Gasteiger charge is 2.40. The molecule has 2 aromatic rings. The van der Waals surface area contributed by atoms with Gasteiger partial charge < -0.3 is 10.2 Å². The molecule has 0 saturated carbocycles. The lowest BCUT2D eigenvalue weighted by Gasteiger charge is -2.39. The Balaban J connectivity index is 1.59. The van der Waals surface area contributed by atoms with Gasteiger partial charge in [-0.05, 0) is 54.5 Å². The van der Waals surface area contributed by atoms with Gasteiger partial charge in [0.2, 0.25) is 0 Å². The Hall–Kier alpha value is -1.97. The second-order valence-electron chi connectivity index (χ2n) is 7.91. The fourth-order valence-corrected chi connectivity index (χ4v) is 5.48. The fraction of sp³-hybridized carbons (Fsp3) is 0.348. The maximum Gasteiger partial charge on any atom is 0.255 e. The molecule has 3 atom stereocenters. The van der Waals surface area contributed by atoms with Gasteiger partial charge in [0.15, 0.2) is 0 Å². The molecule has 3 nitrogen and oxygen atoms in total. The number of nitrogens with zero attached hydrogens (tertiary/aromatic N) is 1. The second kappa shape index (κ2) is 7.13. The molecule has 1 fully saturated rings. The number of halogens is 2. The molecular formula is C23H22Cl2N2O. The van der Waals surface area contributed by atoms with E-state index in [4.69, 9.17) is 23.2 Å². The molecule has 1 saturated heterocycles. The average molecular weight is 413 g/mol. The lowest BCUT2D eigenvalue weighted by molar-refractivity contribution is 0.0793. The number of amides is 1. The number of carbonyl (C=O) groups excluding carboxylic acids is 1. The standard InChI is InChI=1S/C23H22Cl2N2O/c24-14-9-10-18(20(25)13-14)21-16-6-3-5-15(16)17-7-4-8-19(22(17)26-21)23(28)27-11-1-2-12-27/h3-5,7-10,13,15-16,21,26H,1-2,6,11-12H2/t15-,16-,21+/m0/s1. The van der Waals surface area contributed by atoms with Crippen LogP contribution in [0.3, 0.4) is 0 Å². The number of hydrogen-bond donors (Lipinski definition) is 1. The molecule has 0 aromatic heterocycles. The predicted octanol–water partition coefficient (Wildman–Crippen LogP) is 6.06. The molecule has 0 bridgehead atoms. The number of hydrogen-bond acceptors (Lipinski definition) is 2. The molecule has 0 unspecified atom stereocenters. The molecule has 0 spiro atoms. The Morgan fingerprint density at radius 1 is 1.07 bits per heavy atom. The molecule has 144 valence electrons. The van der Waals surface area contributed by atoms with Crippen molar-refractivity contribution in [2.24, 2.45) is 5.92 Å². The van der Waals surface area contributed by atoms with Crippen LogP contribution in [0.2, 0.25) is 10.0 Å². The zero-order chi connectivity index (χ0) is 19.3. The van der Waals surface area contributed by atoms with E-state index in [9.17, 15) is 4.79 Å². The van der Waals surface area contributed by atoms with Gasteiger partial charge in [-0.15, -0.1) is 0 Å². The Morgan fingerprint density at radius 3 is 2.68 bits per heavy atom. The summed E-state index contributed by atoms with van der Waals surface area (Å²) in [5.41, 5.74) is 3.99. The summed E-state index contributed by atoms with van der Waals surface area (Å²) in [4.78, 5) is 15.2. The van der Waals surface area contributed by atoms with Crippen LogP contribution in [0.1, 0.15) is 52.7 Å². The van der Waals surface area contributed by atoms with E-state index in [1.54, 1.807) is 6.07 Å². The van der Waals surface area contributed by atoms with E-state index in [0.717, 1.165) is 49.2 Å². The first-order valence-corrected chi connectivity index (χ1v) is 10.7. The van der Waals surface area contributed by atoms with Crippen molar-refractivity contribution in [1.82, 2.24) is 4.90 Å². The number of carbonyl (C=O) groups is 1. The van der Waals surface area contributed by atoms with Crippen LogP contribution in [-0.2, 0) is 0 Å². The molecule has 3 aliphatic rings. The first kappa shape index (κ1) is 18.1. The van der Waals surface area contributed by atoms with E-state index in [1.807, 2.05) is 29.2 Å². The quantitative estimate of drug-likeness (QED) is 0.608. The number of allylic oxidation sites excluding steroid dienone is 2. The van der Waals surface area contributed by atoms with Gasteiger partial charge in [0.1, 0.15) is 0 Å². The molecule has 28 heavy (non-hydrogen) atoms. The van der Waals surface area contributed by atoms with Crippen LogP contribution in [0.25, 0.3) is 0 Å². The molecule has 5 rings (SSSR count). The summed E-state index contributed by atoms with van der Waals surface area (Å²) in [5, 5.41) is 5.01. The van der Waals surface area contributed by atoms with Crippen molar-refractivity contribution >= 4 is 34.8 Å². The Bertz CT molecular complexity index is 965. The lowest BCUT2D eigenvalue weighted by Crippen LogP contribution is -2.33. The van der Waals surface area contributed by atoms with Crippen molar-refractivity contribution in [2.75, 3.05) is 18.4 Å². The predicted molar refractivity (Wildman–Crippen MR) is 114 cm³/mol. The van der Waals surface area contributed by atoms with E-state index in [-0.39, 0.29) is 11.9 Å². The zero-order valence-corrected chi connectivity index (χ0v) is 17.0. The maximum atomic E-state index is 13.2. The fourth-order valence-electron chi connectivity index (χ4n) is 4.95. The first-order chi connectivity index (χ1) is 13.6. The molecule has 2 aromatic carbocycles. The molecule has 0 radical (unpaired) electrons. The van der Waals surface area contributed by atoms with Gasteiger partial charge >= 0.3 is 0 Å². The van der Waals surface area contributed by atoms with Crippen molar-refractivity contribution in [3.8, 4) is 0 Å². The number of para-hydroxylation sites is 1. The highest BCUT2D eigenvalue weighted by atomic mass is 35.5. The van der Waals surface area contributed by atoms with Crippen molar-refractivity contribution < 1.29 is 4.79 Å². The van der Waals surface area contributed by atoms with E-state index < -0.39 is 0 Å². The molecule has 5 heteroatoms. The van der Waals surface area contributed by atoms with Crippen LogP contribution in [0.15, 0.2) is 48.6 Å². The zero-order valence-electron chi connectivity index (χ0n) is 15.5. The van der Waals surface area contributed by atoms with Crippen molar-refractivity contribution in [3.05, 3.63) is 75.3 Å². The summed E-state index contributed by atoms with van der Waals surface area (Å²) >= 11 is 12.7. The Labute approximate surface area is 175 Å². The van der Waals surface area contributed by atoms with Gasteiger partial charge in [-0.1, -0.05) is 53.6 Å². The molecule has 1 aliphatic carbocycles. The monoisotopic (exact) mass is 412 g/mol. The SMILES string of the molecule is O=C(c1cccc2c1N[C@@H](c1ccc(Cl)cc1Cl)[C@H]1CC=C[C@H]21)N1CCCC1. The third kappa shape index (κ3) is 2.92. The van der Waals surface area contributed by atoms with Crippen molar-refractivity contribution in [1.29, 1.82) is 0 Å². The normalized spacial score (nSPS) is 25.4. The first-order valence-electron chi connectivity index (χ1n) is 9.94. The topological polar surface area (TPSA) is 32.3 Å². The van der Waals surface area contributed by atoms with E-state index in [1.165, 1.54) is 5.56 Å². The van der Waals surface area contributed by atoms with E-state index >= 15 is 0 Å². The van der Waals surface area contributed by atoms with Gasteiger partial charge in [0.25, 0.3) is 5.91 Å². The Kier molecular flexibility index (Phi) is 4.60. The van der Waals surface area contributed by atoms with Gasteiger partial charge in [0, 0.05) is 29.1 Å². The largest absolute Gasteiger partial charge is 0.377 e.